The molecule has 0 saturated heterocycles. The first-order valence-corrected chi connectivity index (χ1v) is 7.96. The molecule has 0 aliphatic carbocycles. The molecule has 118 valence electrons. The van der Waals surface area contributed by atoms with E-state index in [1.54, 1.807) is 7.11 Å². The summed E-state index contributed by atoms with van der Waals surface area (Å²) in [5.74, 6) is 0.199. The van der Waals surface area contributed by atoms with Crippen molar-refractivity contribution in [2.45, 2.75) is 59.4 Å². The Morgan fingerprint density at radius 3 is 2.62 bits per heavy atom. The van der Waals surface area contributed by atoms with Crippen molar-refractivity contribution in [2.24, 2.45) is 0 Å². The van der Waals surface area contributed by atoms with Crippen LogP contribution < -0.4 is 4.90 Å². The van der Waals surface area contributed by atoms with Crippen LogP contribution in [0.3, 0.4) is 0 Å². The van der Waals surface area contributed by atoms with E-state index in [0.29, 0.717) is 13.0 Å². The van der Waals surface area contributed by atoms with E-state index in [0.717, 1.165) is 30.5 Å². The quantitative estimate of drug-likeness (QED) is 0.721. The third kappa shape index (κ3) is 4.57. The SMILES string of the molecule is CCCCC(=O)N(c1c(C)cccc1CC)[C@@H](C)COC. The Morgan fingerprint density at radius 1 is 1.33 bits per heavy atom. The van der Waals surface area contributed by atoms with E-state index in [-0.39, 0.29) is 11.9 Å². The van der Waals surface area contributed by atoms with Gasteiger partial charge in [0.15, 0.2) is 0 Å². The molecule has 3 nitrogen and oxygen atoms in total. The second-order valence-corrected chi connectivity index (χ2v) is 5.61. The number of carbonyl (C=O) groups excluding carboxylic acids is 1. The van der Waals surface area contributed by atoms with E-state index < -0.39 is 0 Å². The lowest BCUT2D eigenvalue weighted by molar-refractivity contribution is -0.119. The zero-order chi connectivity index (χ0) is 15.8. The Bertz CT molecular complexity index is 457. The highest BCUT2D eigenvalue weighted by Crippen LogP contribution is 2.28. The maximum absolute atomic E-state index is 12.7. The molecule has 0 heterocycles. The van der Waals surface area contributed by atoms with Crippen LogP contribution in [0, 0.1) is 6.92 Å². The predicted molar refractivity (Wildman–Crippen MR) is 88.9 cm³/mol. The summed E-state index contributed by atoms with van der Waals surface area (Å²) in [5.41, 5.74) is 3.45. The number of carbonyl (C=O) groups is 1. The summed E-state index contributed by atoms with van der Waals surface area (Å²) >= 11 is 0. The van der Waals surface area contributed by atoms with Crippen LogP contribution in [-0.2, 0) is 16.0 Å². The van der Waals surface area contributed by atoms with Crippen molar-refractivity contribution in [2.75, 3.05) is 18.6 Å². The lowest BCUT2D eigenvalue weighted by Crippen LogP contribution is -2.42. The van der Waals surface area contributed by atoms with Crippen LogP contribution in [0.25, 0.3) is 0 Å². The molecule has 1 amide bonds. The molecule has 0 aromatic heterocycles. The van der Waals surface area contributed by atoms with Crippen LogP contribution >= 0.6 is 0 Å². The number of anilines is 1. The number of ether oxygens (including phenoxy) is 1. The van der Waals surface area contributed by atoms with E-state index in [9.17, 15) is 4.79 Å². The summed E-state index contributed by atoms with van der Waals surface area (Å²) < 4.78 is 5.28. The molecule has 1 aromatic rings. The Hall–Kier alpha value is -1.35. The molecule has 0 N–H and O–H groups in total. The van der Waals surface area contributed by atoms with Gasteiger partial charge in [-0.3, -0.25) is 4.79 Å². The van der Waals surface area contributed by atoms with Crippen LogP contribution in [0.1, 0.15) is 51.2 Å². The first-order valence-electron chi connectivity index (χ1n) is 7.96. The largest absolute Gasteiger partial charge is 0.383 e. The number of para-hydroxylation sites is 1. The standard InChI is InChI=1S/C18H29NO2/c1-6-8-12-17(20)19(15(4)13-21-5)18-14(3)10-9-11-16(18)7-2/h9-11,15H,6-8,12-13H2,1-5H3/t15-/m0/s1. The normalized spacial score (nSPS) is 12.2. The highest BCUT2D eigenvalue weighted by molar-refractivity contribution is 5.95. The molecule has 0 spiro atoms. The van der Waals surface area contributed by atoms with Crippen molar-refractivity contribution >= 4 is 11.6 Å². The summed E-state index contributed by atoms with van der Waals surface area (Å²) in [6, 6.07) is 6.30. The van der Waals surface area contributed by atoms with E-state index in [1.165, 1.54) is 5.56 Å². The van der Waals surface area contributed by atoms with E-state index in [4.69, 9.17) is 4.74 Å². The van der Waals surface area contributed by atoms with Gasteiger partial charge in [0.05, 0.1) is 18.3 Å². The second kappa shape index (κ2) is 8.83. The molecule has 0 aliphatic rings. The summed E-state index contributed by atoms with van der Waals surface area (Å²) in [6.07, 6.45) is 3.49. The summed E-state index contributed by atoms with van der Waals surface area (Å²) in [6.45, 7) is 8.93. The Labute approximate surface area is 129 Å². The molecule has 0 fully saturated rings. The van der Waals surface area contributed by atoms with Crippen molar-refractivity contribution in [3.05, 3.63) is 29.3 Å². The number of hydrogen-bond donors (Lipinski definition) is 0. The smallest absolute Gasteiger partial charge is 0.227 e. The van der Waals surface area contributed by atoms with Crippen LogP contribution in [0.5, 0.6) is 0 Å². The zero-order valence-electron chi connectivity index (χ0n) is 14.1. The first kappa shape index (κ1) is 17.7. The fraction of sp³-hybridized carbons (Fsp3) is 0.611. The van der Waals surface area contributed by atoms with Crippen molar-refractivity contribution in [1.29, 1.82) is 0 Å². The minimum absolute atomic E-state index is 0.0470. The number of amides is 1. The molecular weight excluding hydrogens is 262 g/mol. The molecule has 0 aliphatic heterocycles. The van der Waals surface area contributed by atoms with Gasteiger partial charge in [-0.1, -0.05) is 38.5 Å². The second-order valence-electron chi connectivity index (χ2n) is 5.61. The van der Waals surface area contributed by atoms with Crippen LogP contribution in [-0.4, -0.2) is 25.7 Å². The van der Waals surface area contributed by atoms with Gasteiger partial charge in [0, 0.05) is 13.5 Å². The minimum atomic E-state index is 0.0470. The maximum atomic E-state index is 12.7. The van der Waals surface area contributed by atoms with Gasteiger partial charge in [0.25, 0.3) is 0 Å². The van der Waals surface area contributed by atoms with Gasteiger partial charge in [0.2, 0.25) is 5.91 Å². The molecule has 3 heteroatoms. The van der Waals surface area contributed by atoms with Crippen molar-refractivity contribution < 1.29 is 9.53 Å². The topological polar surface area (TPSA) is 29.5 Å². The van der Waals surface area contributed by atoms with E-state index in [2.05, 4.69) is 45.9 Å². The molecular formula is C18H29NO2. The van der Waals surface area contributed by atoms with Gasteiger partial charge >= 0.3 is 0 Å². The number of nitrogens with zero attached hydrogens (tertiary/aromatic N) is 1. The molecule has 1 aromatic carbocycles. The lowest BCUT2D eigenvalue weighted by Gasteiger charge is -2.32. The van der Waals surface area contributed by atoms with E-state index in [1.807, 2.05) is 4.90 Å². The van der Waals surface area contributed by atoms with Crippen LogP contribution in [0.2, 0.25) is 0 Å². The van der Waals surface area contributed by atoms with Crippen molar-refractivity contribution in [3.63, 3.8) is 0 Å². The van der Waals surface area contributed by atoms with Gasteiger partial charge in [-0.25, -0.2) is 0 Å². The summed E-state index contributed by atoms with van der Waals surface area (Å²) in [7, 11) is 1.68. The number of aryl methyl sites for hydroxylation is 2. The highest BCUT2D eigenvalue weighted by atomic mass is 16.5. The lowest BCUT2D eigenvalue weighted by atomic mass is 10.0. The van der Waals surface area contributed by atoms with Crippen molar-refractivity contribution in [3.8, 4) is 0 Å². The van der Waals surface area contributed by atoms with Crippen molar-refractivity contribution in [1.82, 2.24) is 0 Å². The minimum Gasteiger partial charge on any atom is -0.383 e. The fourth-order valence-electron chi connectivity index (χ4n) is 2.70. The maximum Gasteiger partial charge on any atom is 0.227 e. The Balaban J connectivity index is 3.20. The average Bonchev–Trinajstić information content (AvgIpc) is 2.47. The van der Waals surface area contributed by atoms with Gasteiger partial charge in [0.1, 0.15) is 0 Å². The molecule has 0 bridgehead atoms. The predicted octanol–water partition coefficient (Wildman–Crippen LogP) is 4.12. The molecule has 21 heavy (non-hydrogen) atoms. The van der Waals surface area contributed by atoms with Crippen LogP contribution in [0.4, 0.5) is 5.69 Å². The van der Waals surface area contributed by atoms with Gasteiger partial charge in [-0.2, -0.15) is 0 Å². The van der Waals surface area contributed by atoms with Crippen LogP contribution in [0.15, 0.2) is 18.2 Å². The first-order chi connectivity index (χ1) is 10.1. The monoisotopic (exact) mass is 291 g/mol. The fourth-order valence-corrected chi connectivity index (χ4v) is 2.70. The Morgan fingerprint density at radius 2 is 2.05 bits per heavy atom. The average molecular weight is 291 g/mol. The molecule has 0 unspecified atom stereocenters. The number of rotatable bonds is 8. The number of unbranched alkanes of at least 4 members (excludes halogenated alkanes) is 1. The van der Waals surface area contributed by atoms with Gasteiger partial charge in [-0.05, 0) is 37.8 Å². The summed E-state index contributed by atoms with van der Waals surface area (Å²) in [5, 5.41) is 0. The van der Waals surface area contributed by atoms with Gasteiger partial charge in [-0.15, -0.1) is 0 Å². The molecule has 0 saturated carbocycles. The zero-order valence-corrected chi connectivity index (χ0v) is 14.1. The number of methoxy groups -OCH3 is 1. The summed E-state index contributed by atoms with van der Waals surface area (Å²) in [4.78, 5) is 14.7. The third-order valence-corrected chi connectivity index (χ3v) is 3.80. The number of hydrogen-bond acceptors (Lipinski definition) is 2. The highest BCUT2D eigenvalue weighted by Gasteiger charge is 2.24. The third-order valence-electron chi connectivity index (χ3n) is 3.80. The molecule has 1 rings (SSSR count). The van der Waals surface area contributed by atoms with E-state index >= 15 is 0 Å². The Kier molecular flexibility index (Phi) is 7.44. The van der Waals surface area contributed by atoms with Gasteiger partial charge < -0.3 is 9.64 Å². The molecule has 1 atom stereocenters. The number of benzene rings is 1. The molecule has 0 radical (unpaired) electrons.